The van der Waals surface area contributed by atoms with E-state index in [0.29, 0.717) is 19.4 Å². The molecule has 0 aromatic rings. The van der Waals surface area contributed by atoms with E-state index < -0.39 is 11.5 Å². The molecule has 0 aliphatic rings. The molecule has 0 aliphatic heterocycles. The molecular weight excluding hydrogens is 208 g/mol. The summed E-state index contributed by atoms with van der Waals surface area (Å²) < 4.78 is 0. The zero-order valence-corrected chi connectivity index (χ0v) is 8.86. The van der Waals surface area contributed by atoms with Gasteiger partial charge in [0.2, 0.25) is 0 Å². The summed E-state index contributed by atoms with van der Waals surface area (Å²) in [5.74, 6) is -1.13. The van der Waals surface area contributed by atoms with E-state index >= 15 is 0 Å². The molecule has 14 heavy (non-hydrogen) atoms. The number of carboxylic acid groups (broad SMARTS) is 1. The molecule has 0 amide bonds. The van der Waals surface area contributed by atoms with E-state index in [1.165, 1.54) is 6.92 Å². The van der Waals surface area contributed by atoms with Crippen molar-refractivity contribution in [1.82, 2.24) is 5.32 Å². The second-order valence-corrected chi connectivity index (χ2v) is 3.17. The number of rotatable bonds is 5. The molecule has 7 N–H and O–H groups in total. The van der Waals surface area contributed by atoms with Crippen LogP contribution in [0.4, 0.5) is 0 Å². The molecule has 0 fully saturated rings. The summed E-state index contributed by atoms with van der Waals surface area (Å²) in [5.41, 5.74) is 9.29. The Bertz CT molecular complexity index is 208. The lowest BCUT2D eigenvalue weighted by Gasteiger charge is -2.18. The molecule has 1 atom stereocenters. The summed E-state index contributed by atoms with van der Waals surface area (Å²) in [7, 11) is 0. The maximum atomic E-state index is 10.5. The number of carbonyl (C=O) groups is 1. The molecule has 6 nitrogen and oxygen atoms in total. The van der Waals surface area contributed by atoms with E-state index in [1.807, 2.05) is 0 Å². The van der Waals surface area contributed by atoms with Crippen molar-refractivity contribution >= 4 is 24.3 Å². The van der Waals surface area contributed by atoms with Crippen LogP contribution in [0, 0.1) is 5.41 Å². The molecular formula is C7H17ClN4O2. The van der Waals surface area contributed by atoms with Crippen molar-refractivity contribution in [3.8, 4) is 0 Å². The molecule has 0 unspecified atom stereocenters. The molecule has 0 saturated heterocycles. The SMILES string of the molecule is C[C@@](N)(CCCNC(=N)N)C(=O)O.Cl. The minimum absolute atomic E-state index is 0. The van der Waals surface area contributed by atoms with Crippen LogP contribution in [-0.4, -0.2) is 29.1 Å². The average molecular weight is 225 g/mol. The number of carboxylic acids is 1. The van der Waals surface area contributed by atoms with Crippen LogP contribution in [0.5, 0.6) is 0 Å². The molecule has 0 bridgehead atoms. The summed E-state index contributed by atoms with van der Waals surface area (Å²) in [6.07, 6.45) is 0.918. The Balaban J connectivity index is 0. The number of guanidine groups is 1. The number of halogens is 1. The second kappa shape index (κ2) is 6.44. The third-order valence-corrected chi connectivity index (χ3v) is 1.68. The maximum absolute atomic E-state index is 10.5. The molecule has 0 aliphatic carbocycles. The van der Waals surface area contributed by atoms with E-state index in [-0.39, 0.29) is 18.4 Å². The normalized spacial score (nSPS) is 13.6. The highest BCUT2D eigenvalue weighted by molar-refractivity contribution is 5.85. The molecule has 7 heteroatoms. The predicted octanol–water partition coefficient (Wildman–Crippen LogP) is -0.527. The van der Waals surface area contributed by atoms with Crippen LogP contribution in [0.1, 0.15) is 19.8 Å². The van der Waals surface area contributed by atoms with Gasteiger partial charge in [-0.3, -0.25) is 10.2 Å². The van der Waals surface area contributed by atoms with Gasteiger partial charge in [-0.05, 0) is 19.8 Å². The first-order valence-corrected chi connectivity index (χ1v) is 3.96. The number of nitrogens with two attached hydrogens (primary N) is 2. The van der Waals surface area contributed by atoms with Crippen LogP contribution >= 0.6 is 12.4 Å². The smallest absolute Gasteiger partial charge is 0.323 e. The number of aliphatic carboxylic acids is 1. The third-order valence-electron chi connectivity index (χ3n) is 1.68. The van der Waals surface area contributed by atoms with Crippen LogP contribution in [0.15, 0.2) is 0 Å². The fraction of sp³-hybridized carbons (Fsp3) is 0.714. The Morgan fingerprint density at radius 2 is 2.14 bits per heavy atom. The lowest BCUT2D eigenvalue weighted by molar-refractivity contribution is -0.142. The lowest BCUT2D eigenvalue weighted by Crippen LogP contribution is -2.45. The van der Waals surface area contributed by atoms with Gasteiger partial charge in [-0.15, -0.1) is 12.4 Å². The molecule has 0 radical (unpaired) electrons. The maximum Gasteiger partial charge on any atom is 0.323 e. The largest absolute Gasteiger partial charge is 0.480 e. The summed E-state index contributed by atoms with van der Waals surface area (Å²) in [5, 5.41) is 18.0. The van der Waals surface area contributed by atoms with Crippen LogP contribution in [0.25, 0.3) is 0 Å². The zero-order valence-electron chi connectivity index (χ0n) is 8.04. The van der Waals surface area contributed by atoms with Gasteiger partial charge in [0.25, 0.3) is 0 Å². The number of hydrogen-bond donors (Lipinski definition) is 5. The van der Waals surface area contributed by atoms with Gasteiger partial charge in [0, 0.05) is 6.54 Å². The average Bonchev–Trinajstić information content (AvgIpc) is 1.97. The lowest BCUT2D eigenvalue weighted by atomic mass is 9.98. The highest BCUT2D eigenvalue weighted by Gasteiger charge is 2.26. The zero-order chi connectivity index (χ0) is 10.5. The second-order valence-electron chi connectivity index (χ2n) is 3.17. The van der Waals surface area contributed by atoms with Crippen molar-refractivity contribution in [3.05, 3.63) is 0 Å². The van der Waals surface area contributed by atoms with Crippen molar-refractivity contribution in [2.45, 2.75) is 25.3 Å². The number of hydrogen-bond acceptors (Lipinski definition) is 3. The molecule has 0 saturated carbocycles. The molecule has 0 aromatic carbocycles. The van der Waals surface area contributed by atoms with Gasteiger partial charge in [-0.2, -0.15) is 0 Å². The predicted molar refractivity (Wildman–Crippen MR) is 56.6 cm³/mol. The highest BCUT2D eigenvalue weighted by Crippen LogP contribution is 2.07. The van der Waals surface area contributed by atoms with Gasteiger partial charge in [-0.25, -0.2) is 0 Å². The Hall–Kier alpha value is -1.01. The van der Waals surface area contributed by atoms with E-state index in [9.17, 15) is 4.79 Å². The Kier molecular flexibility index (Phi) is 7.12. The van der Waals surface area contributed by atoms with Crippen molar-refractivity contribution in [3.63, 3.8) is 0 Å². The minimum atomic E-state index is -1.20. The van der Waals surface area contributed by atoms with Gasteiger partial charge in [0.15, 0.2) is 5.96 Å². The van der Waals surface area contributed by atoms with Crippen LogP contribution < -0.4 is 16.8 Å². The molecule has 0 aromatic heterocycles. The molecule has 84 valence electrons. The summed E-state index contributed by atoms with van der Waals surface area (Å²) >= 11 is 0. The van der Waals surface area contributed by atoms with E-state index in [4.69, 9.17) is 22.0 Å². The van der Waals surface area contributed by atoms with Gasteiger partial charge in [-0.1, -0.05) is 0 Å². The first-order valence-electron chi connectivity index (χ1n) is 3.96. The fourth-order valence-corrected chi connectivity index (χ4v) is 0.786. The third kappa shape index (κ3) is 6.50. The van der Waals surface area contributed by atoms with Crippen LogP contribution in [-0.2, 0) is 4.79 Å². The van der Waals surface area contributed by atoms with Crippen molar-refractivity contribution in [2.75, 3.05) is 6.54 Å². The fourth-order valence-electron chi connectivity index (χ4n) is 0.786. The topological polar surface area (TPSA) is 125 Å². The van der Waals surface area contributed by atoms with E-state index in [2.05, 4.69) is 5.32 Å². The van der Waals surface area contributed by atoms with Crippen molar-refractivity contribution in [2.24, 2.45) is 11.5 Å². The highest BCUT2D eigenvalue weighted by atomic mass is 35.5. The van der Waals surface area contributed by atoms with Gasteiger partial charge >= 0.3 is 5.97 Å². The summed E-state index contributed by atoms with van der Waals surface area (Å²) in [4.78, 5) is 10.5. The van der Waals surface area contributed by atoms with Gasteiger partial charge in [0.05, 0.1) is 0 Å². The molecule has 0 spiro atoms. The number of nitrogens with one attached hydrogen (secondary N) is 2. The Morgan fingerprint density at radius 3 is 2.50 bits per heavy atom. The van der Waals surface area contributed by atoms with Gasteiger partial charge in [0.1, 0.15) is 5.54 Å². The standard InChI is InChI=1S/C7H16N4O2.ClH/c1-7(10,5(12)13)3-2-4-11-6(8)9;/h2-4,10H2,1H3,(H,12,13)(H4,8,9,11);1H/t7-;/m1./s1. The summed E-state index contributed by atoms with van der Waals surface area (Å²) in [6, 6.07) is 0. The quantitative estimate of drug-likeness (QED) is 0.244. The van der Waals surface area contributed by atoms with Crippen molar-refractivity contribution in [1.29, 1.82) is 5.41 Å². The minimum Gasteiger partial charge on any atom is -0.480 e. The molecule has 0 rings (SSSR count). The first-order chi connectivity index (χ1) is 5.86. The van der Waals surface area contributed by atoms with Crippen molar-refractivity contribution < 1.29 is 9.90 Å². The van der Waals surface area contributed by atoms with E-state index in [0.717, 1.165) is 0 Å². The van der Waals surface area contributed by atoms with Crippen LogP contribution in [0.2, 0.25) is 0 Å². The van der Waals surface area contributed by atoms with Gasteiger partial charge < -0.3 is 21.9 Å². The molecule has 0 heterocycles. The van der Waals surface area contributed by atoms with Crippen LogP contribution in [0.3, 0.4) is 0 Å². The van der Waals surface area contributed by atoms with E-state index in [1.54, 1.807) is 0 Å². The Labute approximate surface area is 89.0 Å². The first kappa shape index (κ1) is 15.5. The monoisotopic (exact) mass is 224 g/mol. The summed E-state index contributed by atoms with van der Waals surface area (Å²) in [6.45, 7) is 1.93. The Morgan fingerprint density at radius 1 is 1.64 bits per heavy atom.